The summed E-state index contributed by atoms with van der Waals surface area (Å²) in [4.78, 5) is 0. The fourth-order valence-corrected chi connectivity index (χ4v) is 3.13. The highest BCUT2D eigenvalue weighted by Gasteiger charge is 2.22. The van der Waals surface area contributed by atoms with Crippen molar-refractivity contribution in [1.82, 2.24) is 4.57 Å². The number of hydrogen-bond donors (Lipinski definition) is 2. The predicted molar refractivity (Wildman–Crippen MR) is 101 cm³/mol. The molecule has 1 aromatic heterocycles. The van der Waals surface area contributed by atoms with Crippen LogP contribution in [0.5, 0.6) is 0 Å². The molecule has 0 fully saturated rings. The average Bonchev–Trinajstić information content (AvgIpc) is 2.61. The molecule has 0 aliphatic carbocycles. The van der Waals surface area contributed by atoms with Crippen LogP contribution in [0.2, 0.25) is 0 Å². The molecule has 0 amide bonds. The molecule has 2 N–H and O–H groups in total. The summed E-state index contributed by atoms with van der Waals surface area (Å²) in [5.74, 6) is 0. The Morgan fingerprint density at radius 3 is 2.38 bits per heavy atom. The first-order valence-electron chi connectivity index (χ1n) is 8.29. The lowest BCUT2D eigenvalue weighted by atomic mass is 9.80. The van der Waals surface area contributed by atoms with Gasteiger partial charge in [-0.15, -0.1) is 0 Å². The molecule has 122 valence electrons. The molecule has 1 heterocycles. The van der Waals surface area contributed by atoms with Gasteiger partial charge in [0, 0.05) is 5.39 Å². The van der Waals surface area contributed by atoms with Crippen LogP contribution in [0.15, 0.2) is 54.6 Å². The summed E-state index contributed by atoms with van der Waals surface area (Å²) in [7, 11) is 0. The Morgan fingerprint density at radius 1 is 1.04 bits per heavy atom. The van der Waals surface area contributed by atoms with Crippen LogP contribution in [0, 0.1) is 10.8 Å². The van der Waals surface area contributed by atoms with E-state index in [1.807, 2.05) is 30.3 Å². The van der Waals surface area contributed by atoms with E-state index in [1.165, 1.54) is 11.9 Å². The third-order valence-corrected chi connectivity index (χ3v) is 4.94. The molecular weight excluding hydrogens is 294 g/mol. The minimum Gasteiger partial charge on any atom is -0.291 e. The van der Waals surface area contributed by atoms with Gasteiger partial charge in [-0.3, -0.25) is 15.4 Å². The summed E-state index contributed by atoms with van der Waals surface area (Å²) in [6, 6.07) is 18.3. The molecular formula is C21H23N3. The minimum atomic E-state index is -0.0105. The van der Waals surface area contributed by atoms with Crippen LogP contribution in [0.4, 0.5) is 0 Å². The number of nitrogens with one attached hydrogen (secondary N) is 2. The maximum Gasteiger partial charge on any atom is 0.138 e. The Bertz CT molecular complexity index is 950. The molecule has 0 saturated heterocycles. The van der Waals surface area contributed by atoms with E-state index in [-0.39, 0.29) is 5.41 Å². The molecule has 2 aromatic carbocycles. The number of aromatic nitrogens is 1. The molecule has 0 bridgehead atoms. The molecule has 3 rings (SSSR count). The van der Waals surface area contributed by atoms with Crippen LogP contribution in [0.3, 0.4) is 0 Å². The average molecular weight is 317 g/mol. The second-order valence-corrected chi connectivity index (χ2v) is 6.75. The van der Waals surface area contributed by atoms with Gasteiger partial charge in [-0.2, -0.15) is 0 Å². The predicted octanol–water partition coefficient (Wildman–Crippen LogP) is 4.93. The quantitative estimate of drug-likeness (QED) is 0.506. The maximum absolute atomic E-state index is 8.74. The second-order valence-electron chi connectivity index (χ2n) is 6.75. The van der Waals surface area contributed by atoms with Crippen molar-refractivity contribution < 1.29 is 0 Å². The van der Waals surface area contributed by atoms with Crippen molar-refractivity contribution in [3.8, 4) is 11.3 Å². The summed E-state index contributed by atoms with van der Waals surface area (Å²) in [5, 5.41) is 18.6. The van der Waals surface area contributed by atoms with Crippen molar-refractivity contribution in [1.29, 1.82) is 10.8 Å². The Hall–Kier alpha value is -2.68. The fraction of sp³-hybridized carbons (Fsp3) is 0.238. The summed E-state index contributed by atoms with van der Waals surface area (Å²) in [6.45, 7) is 6.59. The van der Waals surface area contributed by atoms with Crippen molar-refractivity contribution in [2.24, 2.45) is 0 Å². The van der Waals surface area contributed by atoms with Crippen molar-refractivity contribution in [3.05, 3.63) is 65.6 Å². The minimum absolute atomic E-state index is 0.0105. The number of rotatable bonds is 4. The van der Waals surface area contributed by atoms with E-state index >= 15 is 0 Å². The van der Waals surface area contributed by atoms with E-state index in [9.17, 15) is 0 Å². The highest BCUT2D eigenvalue weighted by Crippen LogP contribution is 2.32. The number of pyridine rings is 1. The van der Waals surface area contributed by atoms with Crippen molar-refractivity contribution in [3.63, 3.8) is 0 Å². The van der Waals surface area contributed by atoms with Gasteiger partial charge in [0.15, 0.2) is 0 Å². The largest absolute Gasteiger partial charge is 0.291 e. The van der Waals surface area contributed by atoms with Gasteiger partial charge < -0.3 is 0 Å². The Kier molecular flexibility index (Phi) is 4.10. The smallest absolute Gasteiger partial charge is 0.138 e. The Morgan fingerprint density at radius 2 is 1.75 bits per heavy atom. The van der Waals surface area contributed by atoms with Gasteiger partial charge >= 0.3 is 0 Å². The normalized spacial score (nSPS) is 11.6. The zero-order chi connectivity index (χ0) is 17.3. The molecule has 0 atom stereocenters. The van der Waals surface area contributed by atoms with Gasteiger partial charge in [0.2, 0.25) is 0 Å². The highest BCUT2D eigenvalue weighted by molar-refractivity contribution is 5.90. The van der Waals surface area contributed by atoms with E-state index < -0.39 is 0 Å². The van der Waals surface area contributed by atoms with E-state index in [2.05, 4.69) is 45.0 Å². The Balaban J connectivity index is 2.42. The first-order chi connectivity index (χ1) is 11.5. The second kappa shape index (κ2) is 6.08. The molecule has 0 aliphatic heterocycles. The number of nitrogens with zero attached hydrogens (tertiary/aromatic N) is 1. The molecule has 0 aliphatic rings. The lowest BCUT2D eigenvalue weighted by molar-refractivity contribution is 0.510. The third-order valence-electron chi connectivity index (χ3n) is 4.94. The van der Waals surface area contributed by atoms with Crippen LogP contribution in [-0.2, 0) is 5.41 Å². The number of benzene rings is 2. The zero-order valence-corrected chi connectivity index (χ0v) is 14.4. The third kappa shape index (κ3) is 2.56. The van der Waals surface area contributed by atoms with Crippen molar-refractivity contribution >= 4 is 17.1 Å². The van der Waals surface area contributed by atoms with Crippen molar-refractivity contribution in [2.45, 2.75) is 32.6 Å². The highest BCUT2D eigenvalue weighted by atomic mass is 15.0. The topological polar surface area (TPSA) is 52.6 Å². The van der Waals surface area contributed by atoms with Crippen LogP contribution in [0.1, 0.15) is 32.8 Å². The molecule has 0 spiro atoms. The van der Waals surface area contributed by atoms with E-state index in [1.54, 1.807) is 4.57 Å². The van der Waals surface area contributed by atoms with Crippen LogP contribution < -0.4 is 5.49 Å². The lowest BCUT2D eigenvalue weighted by Crippen LogP contribution is -2.26. The molecule has 3 aromatic rings. The first kappa shape index (κ1) is 16.2. The molecule has 3 nitrogen and oxygen atoms in total. The van der Waals surface area contributed by atoms with Crippen LogP contribution >= 0.6 is 0 Å². The van der Waals surface area contributed by atoms with Gasteiger partial charge in [-0.1, -0.05) is 69.3 Å². The SMILES string of the molecule is CCC(C)(C)c1cccc2cc(-c3ccccc3)n(C=N)c(=N)c12. The zero-order valence-electron chi connectivity index (χ0n) is 14.4. The summed E-state index contributed by atoms with van der Waals surface area (Å²) < 4.78 is 1.66. The van der Waals surface area contributed by atoms with Gasteiger partial charge in [0.1, 0.15) is 5.49 Å². The summed E-state index contributed by atoms with van der Waals surface area (Å²) in [6.07, 6.45) is 2.23. The maximum atomic E-state index is 8.74. The Labute approximate surface area is 142 Å². The van der Waals surface area contributed by atoms with Crippen molar-refractivity contribution in [2.75, 3.05) is 0 Å². The number of fused-ring (bicyclic) bond motifs is 1. The lowest BCUT2D eigenvalue weighted by Gasteiger charge is -2.26. The first-order valence-corrected chi connectivity index (χ1v) is 8.29. The van der Waals surface area contributed by atoms with Gasteiger partial charge in [0.25, 0.3) is 0 Å². The molecule has 0 unspecified atom stereocenters. The molecule has 0 radical (unpaired) electrons. The van der Waals surface area contributed by atoms with Gasteiger partial charge in [0.05, 0.1) is 12.0 Å². The van der Waals surface area contributed by atoms with Crippen LogP contribution in [-0.4, -0.2) is 10.9 Å². The standard InChI is InChI=1S/C21H23N3/c1-4-21(2,3)17-12-8-11-16-13-18(15-9-6-5-7-10-15)24(14-22)20(23)19(16)17/h5-14,22-23H,4H2,1-3H3. The van der Waals surface area contributed by atoms with E-state index in [0.29, 0.717) is 5.49 Å². The number of hydrogen-bond acceptors (Lipinski definition) is 2. The van der Waals surface area contributed by atoms with Gasteiger partial charge in [-0.25, -0.2) is 0 Å². The molecule has 24 heavy (non-hydrogen) atoms. The van der Waals surface area contributed by atoms with E-state index in [0.717, 1.165) is 28.5 Å². The summed E-state index contributed by atoms with van der Waals surface area (Å²) in [5.41, 5.74) is 3.41. The monoisotopic (exact) mass is 317 g/mol. The van der Waals surface area contributed by atoms with Crippen LogP contribution in [0.25, 0.3) is 22.0 Å². The molecule has 0 saturated carbocycles. The van der Waals surface area contributed by atoms with E-state index in [4.69, 9.17) is 10.8 Å². The van der Waals surface area contributed by atoms with Gasteiger partial charge in [-0.05, 0) is 34.4 Å². The molecule has 3 heteroatoms. The fourth-order valence-electron chi connectivity index (χ4n) is 3.13. The summed E-state index contributed by atoms with van der Waals surface area (Å²) >= 11 is 0.